The summed E-state index contributed by atoms with van der Waals surface area (Å²) in [5.74, 6) is 3.64. The van der Waals surface area contributed by atoms with E-state index in [2.05, 4.69) is 30.9 Å². The third-order valence-electron chi connectivity index (χ3n) is 6.43. The van der Waals surface area contributed by atoms with E-state index in [1.165, 1.54) is 20.1 Å². The van der Waals surface area contributed by atoms with Crippen LogP contribution in [0.25, 0.3) is 0 Å². The summed E-state index contributed by atoms with van der Waals surface area (Å²) in [6.07, 6.45) is 19.2. The van der Waals surface area contributed by atoms with Crippen molar-refractivity contribution in [3.8, 4) is 37.0 Å². The fraction of sp³-hybridized carbons (Fsp3) is 0.776. The summed E-state index contributed by atoms with van der Waals surface area (Å²) in [7, 11) is 1.67. The van der Waals surface area contributed by atoms with Crippen LogP contribution < -0.4 is 0 Å². The molecule has 0 rings (SSSR count). The molecule has 64 heavy (non-hydrogen) atoms. The molecule has 0 heterocycles. The van der Waals surface area contributed by atoms with Gasteiger partial charge < -0.3 is 56.8 Å². The van der Waals surface area contributed by atoms with E-state index in [-0.39, 0.29) is 44.2 Å². The van der Waals surface area contributed by atoms with Gasteiger partial charge in [0.05, 0.1) is 110 Å². The molecule has 0 saturated heterocycles. The van der Waals surface area contributed by atoms with Crippen LogP contribution in [0.5, 0.6) is 0 Å². The molecule has 0 amide bonds. The maximum atomic E-state index is 12.9. The quantitative estimate of drug-likeness (QED) is 0.0267. The molecular formula is C49H90F2O13. The normalized spacial score (nSPS) is 10.4. The molecule has 0 aromatic heterocycles. The third-order valence-corrected chi connectivity index (χ3v) is 6.43. The van der Waals surface area contributed by atoms with E-state index >= 15 is 0 Å². The van der Waals surface area contributed by atoms with Crippen molar-refractivity contribution in [2.75, 3.05) is 126 Å². The lowest BCUT2D eigenvalue weighted by atomic mass is 10.1. The molecule has 0 radical (unpaired) electrons. The Hall–Kier alpha value is -2.95. The molecule has 0 saturated carbocycles. The molecule has 0 atom stereocenters. The Morgan fingerprint density at radius 1 is 0.547 bits per heavy atom. The van der Waals surface area contributed by atoms with E-state index in [1.54, 1.807) is 13.2 Å². The maximum Gasteiger partial charge on any atom is 0.273 e. The highest BCUT2D eigenvalue weighted by Gasteiger charge is 2.33. The zero-order valence-electron chi connectivity index (χ0n) is 42.1. The summed E-state index contributed by atoms with van der Waals surface area (Å²) < 4.78 is 85.9. The Balaban J connectivity index is -0.000000159. The van der Waals surface area contributed by atoms with E-state index in [4.69, 9.17) is 76.1 Å². The highest BCUT2D eigenvalue weighted by atomic mass is 19.3. The number of ketones is 1. The number of alkyl halides is 2. The van der Waals surface area contributed by atoms with Crippen molar-refractivity contribution >= 4 is 5.78 Å². The molecule has 0 unspecified atom stereocenters. The molecule has 0 fully saturated rings. The van der Waals surface area contributed by atoms with Crippen LogP contribution >= 0.6 is 0 Å². The number of rotatable bonds is 34. The van der Waals surface area contributed by atoms with Gasteiger partial charge in [-0.1, -0.05) is 58.1 Å². The first-order chi connectivity index (χ1) is 30.3. The fourth-order valence-corrected chi connectivity index (χ4v) is 2.98. The van der Waals surface area contributed by atoms with Crippen molar-refractivity contribution < 1.29 is 70.4 Å². The summed E-state index contributed by atoms with van der Waals surface area (Å²) in [4.78, 5) is 11.0. The third kappa shape index (κ3) is 82.7. The molecule has 0 spiro atoms. The lowest BCUT2D eigenvalue weighted by Crippen LogP contribution is -2.30. The average Bonchev–Trinajstić information content (AvgIpc) is 3.22. The smallest absolute Gasteiger partial charge is 0.273 e. The van der Waals surface area contributed by atoms with Gasteiger partial charge in [-0.2, -0.15) is 0 Å². The van der Waals surface area contributed by atoms with Crippen molar-refractivity contribution in [3.05, 3.63) is 25.5 Å². The first-order valence-corrected chi connectivity index (χ1v) is 21.7. The van der Waals surface area contributed by atoms with E-state index < -0.39 is 18.4 Å². The SMILES string of the molecule is C#CCOCCOC(C)C.C#CCOCCOCC(=O)C(C)C.C#CCOCCOCC(F)(F)C(C)C.C=CCOCCOC(C)C.C=COCCOC(C)C.COCCOC(C)C. The minimum absolute atomic E-state index is 0.0339. The Morgan fingerprint density at radius 2 is 0.906 bits per heavy atom. The fourth-order valence-electron chi connectivity index (χ4n) is 2.98. The van der Waals surface area contributed by atoms with E-state index in [1.807, 2.05) is 69.2 Å². The zero-order valence-corrected chi connectivity index (χ0v) is 42.1. The van der Waals surface area contributed by atoms with Crippen molar-refractivity contribution in [3.63, 3.8) is 0 Å². The molecule has 0 aliphatic heterocycles. The predicted octanol–water partition coefficient (Wildman–Crippen LogP) is 8.13. The van der Waals surface area contributed by atoms with Crippen LogP contribution in [0, 0.1) is 48.9 Å². The van der Waals surface area contributed by atoms with Crippen LogP contribution in [-0.2, 0) is 61.6 Å². The predicted molar refractivity (Wildman–Crippen MR) is 254 cm³/mol. The number of carbonyl (C=O) groups excluding carboxylic acids is 1. The molecule has 0 N–H and O–H groups in total. The number of terminal acetylenes is 3. The van der Waals surface area contributed by atoms with Gasteiger partial charge in [-0.3, -0.25) is 4.79 Å². The monoisotopic (exact) mass is 925 g/mol. The Bertz CT molecular complexity index is 1080. The van der Waals surface area contributed by atoms with Crippen LogP contribution in [0.3, 0.4) is 0 Å². The molecule has 0 bridgehead atoms. The van der Waals surface area contributed by atoms with Crippen molar-refractivity contribution in [1.82, 2.24) is 0 Å². The highest BCUT2D eigenvalue weighted by molar-refractivity contribution is 5.81. The molecule has 0 aromatic carbocycles. The van der Waals surface area contributed by atoms with Gasteiger partial charge in [-0.15, -0.1) is 25.8 Å². The van der Waals surface area contributed by atoms with Gasteiger partial charge in [0.15, 0.2) is 5.78 Å². The van der Waals surface area contributed by atoms with E-state index in [0.717, 1.165) is 0 Å². The van der Waals surface area contributed by atoms with Gasteiger partial charge in [-0.05, 0) is 55.4 Å². The lowest BCUT2D eigenvalue weighted by Gasteiger charge is -2.19. The molecule has 15 heteroatoms. The highest BCUT2D eigenvalue weighted by Crippen LogP contribution is 2.23. The number of halogens is 2. The van der Waals surface area contributed by atoms with Gasteiger partial charge in [0.1, 0.15) is 39.6 Å². The van der Waals surface area contributed by atoms with Crippen molar-refractivity contribution in [2.24, 2.45) is 11.8 Å². The second-order valence-corrected chi connectivity index (χ2v) is 14.5. The molecule has 0 aromatic rings. The molecule has 0 aliphatic rings. The standard InChI is InChI=1S/C10H16F2O2.C10H16O3.C8H16O2.C8H14O2.C7H14O2.C6H14O2/c1-4-5-13-6-7-14-8-10(11,12)9(2)3;1-4-5-12-6-7-13-8-10(11)9(2)3;2*1-4-5-9-6-7-10-8(2)3;1-4-8-5-6-9-7(2)3;1-6(2)8-5-4-7-3/h1,9H,5-8H2,2-3H3;1,9H,5-8H2,2-3H3;4,8H,1,5-7H2,2-3H3;1,8H,5-7H2,2-3H3;4,7H,1,5-6H2,2-3H3;6H,4-5H2,1-3H3. The van der Waals surface area contributed by atoms with Gasteiger partial charge in [-0.25, -0.2) is 8.78 Å². The first-order valence-electron chi connectivity index (χ1n) is 21.7. The zero-order chi connectivity index (χ0) is 50.3. The molecule has 13 nitrogen and oxygen atoms in total. The molecule has 0 aliphatic carbocycles. The summed E-state index contributed by atoms with van der Waals surface area (Å²) in [6, 6.07) is 0. The van der Waals surface area contributed by atoms with Gasteiger partial charge in [0.25, 0.3) is 5.92 Å². The Morgan fingerprint density at radius 3 is 1.25 bits per heavy atom. The lowest BCUT2D eigenvalue weighted by molar-refractivity contribution is -0.127. The number of Topliss-reactive ketones (excluding diaryl/α,β-unsaturated/α-hetero) is 1. The van der Waals surface area contributed by atoms with Crippen molar-refractivity contribution in [1.29, 1.82) is 0 Å². The number of ether oxygens (including phenoxy) is 12. The Labute approximate surface area is 389 Å². The van der Waals surface area contributed by atoms with Crippen molar-refractivity contribution in [2.45, 2.75) is 113 Å². The minimum Gasteiger partial charge on any atom is -0.499 e. The number of methoxy groups -OCH3 is 1. The number of carbonyl (C=O) groups is 1. The van der Waals surface area contributed by atoms with Gasteiger partial charge in [0, 0.05) is 18.9 Å². The average molecular weight is 925 g/mol. The summed E-state index contributed by atoms with van der Waals surface area (Å²) in [5, 5.41) is 0. The van der Waals surface area contributed by atoms with Crippen LogP contribution in [0.2, 0.25) is 0 Å². The number of hydrogen-bond acceptors (Lipinski definition) is 13. The molecular weight excluding hydrogens is 835 g/mol. The Kier molecular flexibility index (Phi) is 68.2. The second-order valence-electron chi connectivity index (χ2n) is 14.5. The maximum absolute atomic E-state index is 12.9. The second kappa shape index (κ2) is 60.1. The van der Waals surface area contributed by atoms with E-state index in [9.17, 15) is 13.6 Å². The van der Waals surface area contributed by atoms with Gasteiger partial charge >= 0.3 is 0 Å². The van der Waals surface area contributed by atoms with Crippen LogP contribution in [0.15, 0.2) is 25.5 Å². The minimum atomic E-state index is -2.77. The van der Waals surface area contributed by atoms with Crippen LogP contribution in [0.1, 0.15) is 83.1 Å². The number of hydrogen-bond donors (Lipinski definition) is 0. The largest absolute Gasteiger partial charge is 0.499 e. The van der Waals surface area contributed by atoms with Crippen LogP contribution in [-0.4, -0.2) is 162 Å². The van der Waals surface area contributed by atoms with E-state index in [0.29, 0.717) is 104 Å². The topological polar surface area (TPSA) is 128 Å². The summed E-state index contributed by atoms with van der Waals surface area (Å²) in [6.45, 7) is 37.0. The molecule has 378 valence electrons. The summed E-state index contributed by atoms with van der Waals surface area (Å²) in [5.41, 5.74) is 0. The first kappa shape index (κ1) is 72.6. The summed E-state index contributed by atoms with van der Waals surface area (Å²) >= 11 is 0. The van der Waals surface area contributed by atoms with Gasteiger partial charge in [0.2, 0.25) is 0 Å². The van der Waals surface area contributed by atoms with Crippen LogP contribution in [0.4, 0.5) is 8.78 Å².